The van der Waals surface area contributed by atoms with Crippen molar-refractivity contribution in [1.82, 2.24) is 9.80 Å². The van der Waals surface area contributed by atoms with E-state index in [2.05, 4.69) is 25.7 Å². The van der Waals surface area contributed by atoms with E-state index in [1.165, 1.54) is 0 Å². The Morgan fingerprint density at radius 1 is 1.19 bits per heavy atom. The zero-order valence-electron chi connectivity index (χ0n) is 13.5. The third kappa shape index (κ3) is 7.43. The van der Waals surface area contributed by atoms with Gasteiger partial charge in [0.25, 0.3) is 0 Å². The van der Waals surface area contributed by atoms with Crippen molar-refractivity contribution in [2.45, 2.75) is 46.1 Å². The molecule has 1 saturated heterocycles. The zero-order valence-corrected chi connectivity index (χ0v) is 13.5. The van der Waals surface area contributed by atoms with Crippen molar-refractivity contribution in [3.63, 3.8) is 0 Å². The number of rotatable bonds is 6. The fourth-order valence-corrected chi connectivity index (χ4v) is 2.69. The van der Waals surface area contributed by atoms with Gasteiger partial charge < -0.3 is 15.7 Å². The van der Waals surface area contributed by atoms with E-state index >= 15 is 0 Å². The quantitative estimate of drug-likeness (QED) is 0.756. The van der Waals surface area contributed by atoms with Crippen LogP contribution in [0.1, 0.15) is 40.0 Å². The molecule has 6 heteroatoms. The molecule has 1 unspecified atom stereocenters. The number of hydrogen-bond acceptors (Lipinski definition) is 4. The molecule has 0 aromatic carbocycles. The van der Waals surface area contributed by atoms with Gasteiger partial charge in [0.1, 0.15) is 0 Å². The van der Waals surface area contributed by atoms with Gasteiger partial charge in [-0.25, -0.2) is 0 Å². The minimum Gasteiger partial charge on any atom is -0.481 e. The number of carboxylic acids is 1. The minimum absolute atomic E-state index is 0.0949. The molecule has 0 saturated carbocycles. The molecular formula is C15H29N3O3. The first-order valence-electron chi connectivity index (χ1n) is 7.65. The van der Waals surface area contributed by atoms with E-state index in [4.69, 9.17) is 10.8 Å². The maximum absolute atomic E-state index is 12.2. The summed E-state index contributed by atoms with van der Waals surface area (Å²) in [7, 11) is 0. The van der Waals surface area contributed by atoms with E-state index in [1.54, 1.807) is 0 Å². The summed E-state index contributed by atoms with van der Waals surface area (Å²) in [6.07, 6.45) is 1.38. The molecule has 1 aliphatic heterocycles. The van der Waals surface area contributed by atoms with Crippen LogP contribution < -0.4 is 5.73 Å². The fourth-order valence-electron chi connectivity index (χ4n) is 2.69. The van der Waals surface area contributed by atoms with Gasteiger partial charge in [0, 0.05) is 45.2 Å². The lowest BCUT2D eigenvalue weighted by atomic mass is 9.87. The van der Waals surface area contributed by atoms with Crippen LogP contribution in [0.5, 0.6) is 0 Å². The highest BCUT2D eigenvalue weighted by molar-refractivity contribution is 5.77. The maximum atomic E-state index is 12.2. The van der Waals surface area contributed by atoms with E-state index in [0.29, 0.717) is 26.1 Å². The van der Waals surface area contributed by atoms with Crippen LogP contribution in [0.25, 0.3) is 0 Å². The first-order chi connectivity index (χ1) is 9.67. The molecule has 1 fully saturated rings. The highest BCUT2D eigenvalue weighted by Gasteiger charge is 2.24. The summed E-state index contributed by atoms with van der Waals surface area (Å²) in [5, 5.41) is 8.67. The SMILES string of the molecule is CC(C)(C)CC(N)CC(=O)N1CCN(CCC(=O)O)CC1. The third-order valence-electron chi connectivity index (χ3n) is 3.68. The van der Waals surface area contributed by atoms with E-state index in [-0.39, 0.29) is 23.8 Å². The molecule has 1 rings (SSSR count). The Morgan fingerprint density at radius 2 is 1.76 bits per heavy atom. The smallest absolute Gasteiger partial charge is 0.304 e. The molecule has 6 nitrogen and oxygen atoms in total. The lowest BCUT2D eigenvalue weighted by Crippen LogP contribution is -2.50. The van der Waals surface area contributed by atoms with E-state index < -0.39 is 5.97 Å². The van der Waals surface area contributed by atoms with Gasteiger partial charge in [-0.05, 0) is 11.8 Å². The normalized spacial score (nSPS) is 18.6. The minimum atomic E-state index is -0.776. The van der Waals surface area contributed by atoms with Crippen LogP contribution in [0, 0.1) is 5.41 Å². The van der Waals surface area contributed by atoms with Gasteiger partial charge in [0.2, 0.25) is 5.91 Å². The number of nitrogens with zero attached hydrogens (tertiary/aromatic N) is 2. The van der Waals surface area contributed by atoms with Crippen LogP contribution in [-0.4, -0.2) is 65.5 Å². The summed E-state index contributed by atoms with van der Waals surface area (Å²) in [6.45, 7) is 9.75. The highest BCUT2D eigenvalue weighted by Crippen LogP contribution is 2.21. The Hall–Kier alpha value is -1.14. The number of hydrogen-bond donors (Lipinski definition) is 2. The number of piperazine rings is 1. The fraction of sp³-hybridized carbons (Fsp3) is 0.867. The van der Waals surface area contributed by atoms with Gasteiger partial charge in [-0.15, -0.1) is 0 Å². The van der Waals surface area contributed by atoms with Crippen molar-refractivity contribution >= 4 is 11.9 Å². The van der Waals surface area contributed by atoms with Gasteiger partial charge in [0.05, 0.1) is 6.42 Å². The second-order valence-corrected chi connectivity index (χ2v) is 7.10. The number of amides is 1. The molecular weight excluding hydrogens is 270 g/mol. The molecule has 1 amide bonds. The number of carboxylic acid groups (broad SMARTS) is 1. The molecule has 0 bridgehead atoms. The highest BCUT2D eigenvalue weighted by atomic mass is 16.4. The van der Waals surface area contributed by atoms with E-state index in [9.17, 15) is 9.59 Å². The van der Waals surface area contributed by atoms with Gasteiger partial charge in [-0.1, -0.05) is 20.8 Å². The second-order valence-electron chi connectivity index (χ2n) is 7.10. The average molecular weight is 299 g/mol. The van der Waals surface area contributed by atoms with Crippen molar-refractivity contribution in [2.75, 3.05) is 32.7 Å². The first kappa shape index (κ1) is 17.9. The Morgan fingerprint density at radius 3 is 2.24 bits per heavy atom. The van der Waals surface area contributed by atoms with E-state index in [1.807, 2.05) is 4.90 Å². The molecule has 21 heavy (non-hydrogen) atoms. The van der Waals surface area contributed by atoms with Crippen LogP contribution in [0.3, 0.4) is 0 Å². The predicted octanol–water partition coefficient (Wildman–Crippen LogP) is 0.759. The number of aliphatic carboxylic acids is 1. The van der Waals surface area contributed by atoms with Crippen LogP contribution in [-0.2, 0) is 9.59 Å². The topological polar surface area (TPSA) is 86.9 Å². The van der Waals surface area contributed by atoms with Crippen LogP contribution in [0.2, 0.25) is 0 Å². The molecule has 0 aromatic heterocycles. The molecule has 122 valence electrons. The van der Waals surface area contributed by atoms with Crippen molar-refractivity contribution < 1.29 is 14.7 Å². The van der Waals surface area contributed by atoms with Crippen molar-refractivity contribution in [1.29, 1.82) is 0 Å². The zero-order chi connectivity index (χ0) is 16.0. The standard InChI is InChI=1S/C15H29N3O3/c1-15(2,3)11-12(16)10-13(19)18-8-6-17(7-9-18)5-4-14(20)21/h12H,4-11,16H2,1-3H3,(H,20,21). The summed E-state index contributed by atoms with van der Waals surface area (Å²) in [5.41, 5.74) is 6.19. The van der Waals surface area contributed by atoms with Crippen LogP contribution in [0.15, 0.2) is 0 Å². The molecule has 1 atom stereocenters. The van der Waals surface area contributed by atoms with Crippen molar-refractivity contribution in [3.8, 4) is 0 Å². The molecule has 0 aromatic rings. The molecule has 0 spiro atoms. The molecule has 3 N–H and O–H groups in total. The monoisotopic (exact) mass is 299 g/mol. The Labute approximate surface area is 127 Å². The second kappa shape index (κ2) is 7.75. The summed E-state index contributed by atoms with van der Waals surface area (Å²) >= 11 is 0. The number of carbonyl (C=O) groups is 2. The Kier molecular flexibility index (Phi) is 6.61. The van der Waals surface area contributed by atoms with E-state index in [0.717, 1.165) is 19.5 Å². The molecule has 0 aliphatic carbocycles. The van der Waals surface area contributed by atoms with Gasteiger partial charge in [0.15, 0.2) is 0 Å². The predicted molar refractivity (Wildman–Crippen MR) is 81.9 cm³/mol. The lowest BCUT2D eigenvalue weighted by molar-refractivity contribution is -0.138. The maximum Gasteiger partial charge on any atom is 0.304 e. The summed E-state index contributed by atoms with van der Waals surface area (Å²) < 4.78 is 0. The molecule has 1 aliphatic rings. The van der Waals surface area contributed by atoms with Gasteiger partial charge in [-0.2, -0.15) is 0 Å². The summed E-state index contributed by atoms with van der Waals surface area (Å²) in [6, 6.07) is -0.0949. The molecule has 1 heterocycles. The summed E-state index contributed by atoms with van der Waals surface area (Å²) in [5.74, 6) is -0.661. The van der Waals surface area contributed by atoms with Crippen molar-refractivity contribution in [2.24, 2.45) is 11.1 Å². The lowest BCUT2D eigenvalue weighted by Gasteiger charge is -2.35. The first-order valence-corrected chi connectivity index (χ1v) is 7.65. The van der Waals surface area contributed by atoms with Gasteiger partial charge >= 0.3 is 5.97 Å². The van der Waals surface area contributed by atoms with Crippen LogP contribution >= 0.6 is 0 Å². The van der Waals surface area contributed by atoms with Crippen molar-refractivity contribution in [3.05, 3.63) is 0 Å². The third-order valence-corrected chi connectivity index (χ3v) is 3.68. The number of carbonyl (C=O) groups excluding carboxylic acids is 1. The van der Waals surface area contributed by atoms with Gasteiger partial charge in [-0.3, -0.25) is 14.5 Å². The van der Waals surface area contributed by atoms with Crippen LogP contribution in [0.4, 0.5) is 0 Å². The Balaban J connectivity index is 2.30. The average Bonchev–Trinajstić information content (AvgIpc) is 2.34. The summed E-state index contributed by atoms with van der Waals surface area (Å²) in [4.78, 5) is 26.7. The number of nitrogens with two attached hydrogens (primary N) is 1. The largest absolute Gasteiger partial charge is 0.481 e. The Bertz CT molecular complexity index is 358. The molecule has 0 radical (unpaired) electrons.